The van der Waals surface area contributed by atoms with E-state index in [0.29, 0.717) is 5.92 Å². The van der Waals surface area contributed by atoms with Gasteiger partial charge in [-0.05, 0) is 44.2 Å². The van der Waals surface area contributed by atoms with Gasteiger partial charge >= 0.3 is 0 Å². The van der Waals surface area contributed by atoms with Crippen LogP contribution in [0, 0.1) is 11.8 Å². The van der Waals surface area contributed by atoms with Crippen molar-refractivity contribution in [3.63, 3.8) is 0 Å². The molecule has 0 amide bonds. The second kappa shape index (κ2) is 5.87. The van der Waals surface area contributed by atoms with Crippen LogP contribution in [0.3, 0.4) is 0 Å². The Bertz CT molecular complexity index is 434. The summed E-state index contributed by atoms with van der Waals surface area (Å²) >= 11 is 0. The predicted octanol–water partition coefficient (Wildman–Crippen LogP) is 3.63. The third kappa shape index (κ3) is 3.66. The fraction of sp³-hybridized carbons (Fsp3) is 0.588. The highest BCUT2D eigenvalue weighted by Gasteiger charge is 2.23. The lowest BCUT2D eigenvalue weighted by atomic mass is 9.91. The number of aliphatic imine (C=N–C) groups is 1. The van der Waals surface area contributed by atoms with Crippen molar-refractivity contribution in [3.05, 3.63) is 35.9 Å². The van der Waals surface area contributed by atoms with E-state index in [2.05, 4.69) is 63.3 Å². The summed E-state index contributed by atoms with van der Waals surface area (Å²) in [7, 11) is 0. The van der Waals surface area contributed by atoms with Crippen LogP contribution in [0.1, 0.15) is 39.7 Å². The first-order valence-corrected chi connectivity index (χ1v) is 7.33. The normalized spacial score (nSPS) is 27.3. The summed E-state index contributed by atoms with van der Waals surface area (Å²) in [5.74, 6) is 1.44. The molecule has 2 unspecified atom stereocenters. The molecule has 1 N–H and O–H groups in total. The molecule has 0 spiro atoms. The van der Waals surface area contributed by atoms with Gasteiger partial charge < -0.3 is 5.32 Å². The fourth-order valence-electron chi connectivity index (χ4n) is 2.68. The van der Waals surface area contributed by atoms with E-state index < -0.39 is 0 Å². The van der Waals surface area contributed by atoms with E-state index in [1.165, 1.54) is 11.3 Å². The summed E-state index contributed by atoms with van der Waals surface area (Å²) in [4.78, 5) is 5.04. The molecule has 0 saturated carbocycles. The Hall–Kier alpha value is -1.15. The van der Waals surface area contributed by atoms with Gasteiger partial charge in [-0.2, -0.15) is 0 Å². The number of rotatable bonds is 2. The van der Waals surface area contributed by atoms with E-state index in [-0.39, 0.29) is 5.54 Å². The SMILES string of the molecule is CC1CNC/C(=N\C(C)(C)c2ccccc2)CC1C. The monoisotopic (exact) mass is 258 g/mol. The fourth-order valence-corrected chi connectivity index (χ4v) is 2.68. The maximum Gasteiger partial charge on any atom is 0.0800 e. The Kier molecular flexibility index (Phi) is 4.41. The molecular formula is C17H26N2. The zero-order valence-corrected chi connectivity index (χ0v) is 12.6. The molecule has 104 valence electrons. The van der Waals surface area contributed by atoms with E-state index in [9.17, 15) is 0 Å². The molecule has 19 heavy (non-hydrogen) atoms. The zero-order chi connectivity index (χ0) is 13.9. The first kappa shape index (κ1) is 14.3. The summed E-state index contributed by atoms with van der Waals surface area (Å²) in [6, 6.07) is 10.6. The molecule has 1 saturated heterocycles. The molecular weight excluding hydrogens is 232 g/mol. The first-order chi connectivity index (χ1) is 8.99. The van der Waals surface area contributed by atoms with Crippen LogP contribution in [-0.2, 0) is 5.54 Å². The minimum atomic E-state index is -0.133. The van der Waals surface area contributed by atoms with Crippen LogP contribution in [0.4, 0.5) is 0 Å². The van der Waals surface area contributed by atoms with Crippen LogP contribution < -0.4 is 5.32 Å². The van der Waals surface area contributed by atoms with Crippen molar-refractivity contribution in [2.75, 3.05) is 13.1 Å². The molecule has 1 aliphatic rings. The average molecular weight is 258 g/mol. The molecule has 2 atom stereocenters. The maximum absolute atomic E-state index is 5.04. The highest BCUT2D eigenvalue weighted by atomic mass is 14.9. The molecule has 1 aromatic carbocycles. The smallest absolute Gasteiger partial charge is 0.0800 e. The lowest BCUT2D eigenvalue weighted by molar-refractivity contribution is 0.398. The van der Waals surface area contributed by atoms with Crippen molar-refractivity contribution in [2.45, 2.75) is 39.7 Å². The number of benzene rings is 1. The molecule has 0 aromatic heterocycles. The van der Waals surface area contributed by atoms with Gasteiger partial charge in [0.2, 0.25) is 0 Å². The van der Waals surface area contributed by atoms with Crippen molar-refractivity contribution < 1.29 is 0 Å². The number of nitrogens with one attached hydrogen (secondary N) is 1. The van der Waals surface area contributed by atoms with Crippen molar-refractivity contribution in [3.8, 4) is 0 Å². The molecule has 1 aromatic rings. The van der Waals surface area contributed by atoms with Gasteiger partial charge in [-0.3, -0.25) is 4.99 Å². The minimum absolute atomic E-state index is 0.133. The molecule has 0 radical (unpaired) electrons. The highest BCUT2D eigenvalue weighted by Crippen LogP contribution is 2.26. The maximum atomic E-state index is 5.04. The van der Waals surface area contributed by atoms with Crippen LogP contribution in [0.25, 0.3) is 0 Å². The van der Waals surface area contributed by atoms with Crippen LogP contribution in [0.2, 0.25) is 0 Å². The molecule has 1 heterocycles. The molecule has 0 bridgehead atoms. The summed E-state index contributed by atoms with van der Waals surface area (Å²) in [6.45, 7) is 11.1. The van der Waals surface area contributed by atoms with Gasteiger partial charge in [-0.25, -0.2) is 0 Å². The zero-order valence-electron chi connectivity index (χ0n) is 12.6. The Morgan fingerprint density at radius 2 is 1.79 bits per heavy atom. The van der Waals surface area contributed by atoms with Gasteiger partial charge in [-0.15, -0.1) is 0 Å². The van der Waals surface area contributed by atoms with Crippen molar-refractivity contribution in [2.24, 2.45) is 16.8 Å². The van der Waals surface area contributed by atoms with Gasteiger partial charge in [-0.1, -0.05) is 44.2 Å². The number of hydrogen-bond acceptors (Lipinski definition) is 2. The Balaban J connectivity index is 2.19. The van der Waals surface area contributed by atoms with Gasteiger partial charge in [0.25, 0.3) is 0 Å². The number of nitrogens with zero attached hydrogens (tertiary/aromatic N) is 1. The summed E-state index contributed by atoms with van der Waals surface area (Å²) < 4.78 is 0. The third-order valence-corrected chi connectivity index (χ3v) is 4.24. The molecule has 2 nitrogen and oxygen atoms in total. The topological polar surface area (TPSA) is 24.4 Å². The van der Waals surface area contributed by atoms with Crippen LogP contribution >= 0.6 is 0 Å². The van der Waals surface area contributed by atoms with Crippen LogP contribution in [0.5, 0.6) is 0 Å². The van der Waals surface area contributed by atoms with E-state index >= 15 is 0 Å². The van der Waals surface area contributed by atoms with Gasteiger partial charge in [0.1, 0.15) is 0 Å². The van der Waals surface area contributed by atoms with Gasteiger partial charge in [0.15, 0.2) is 0 Å². The summed E-state index contributed by atoms with van der Waals surface area (Å²) in [5.41, 5.74) is 2.46. The molecule has 0 aliphatic carbocycles. The second-order valence-electron chi connectivity index (χ2n) is 6.39. The Morgan fingerprint density at radius 3 is 2.47 bits per heavy atom. The average Bonchev–Trinajstić information content (AvgIpc) is 2.52. The molecule has 2 rings (SSSR count). The van der Waals surface area contributed by atoms with Crippen LogP contribution in [-0.4, -0.2) is 18.8 Å². The first-order valence-electron chi connectivity index (χ1n) is 7.33. The third-order valence-electron chi connectivity index (χ3n) is 4.24. The van der Waals surface area contributed by atoms with Gasteiger partial charge in [0, 0.05) is 12.3 Å². The Morgan fingerprint density at radius 1 is 1.11 bits per heavy atom. The van der Waals surface area contributed by atoms with E-state index in [4.69, 9.17) is 4.99 Å². The second-order valence-corrected chi connectivity index (χ2v) is 6.39. The predicted molar refractivity (Wildman–Crippen MR) is 82.7 cm³/mol. The van der Waals surface area contributed by atoms with E-state index in [1.54, 1.807) is 0 Å². The summed E-state index contributed by atoms with van der Waals surface area (Å²) in [5, 5.41) is 3.52. The minimum Gasteiger partial charge on any atom is -0.311 e. The molecule has 2 heteroatoms. The van der Waals surface area contributed by atoms with Gasteiger partial charge in [0.05, 0.1) is 5.54 Å². The van der Waals surface area contributed by atoms with E-state index in [1.807, 2.05) is 0 Å². The lowest BCUT2D eigenvalue weighted by Crippen LogP contribution is -2.25. The quantitative estimate of drug-likeness (QED) is 0.860. The molecule has 1 aliphatic heterocycles. The largest absolute Gasteiger partial charge is 0.311 e. The lowest BCUT2D eigenvalue weighted by Gasteiger charge is -2.23. The van der Waals surface area contributed by atoms with Crippen molar-refractivity contribution in [1.82, 2.24) is 5.32 Å². The summed E-state index contributed by atoms with van der Waals surface area (Å²) in [6.07, 6.45) is 1.12. The van der Waals surface area contributed by atoms with Crippen molar-refractivity contribution in [1.29, 1.82) is 0 Å². The molecule has 1 fully saturated rings. The van der Waals surface area contributed by atoms with Crippen molar-refractivity contribution >= 4 is 5.71 Å². The number of hydrogen-bond donors (Lipinski definition) is 1. The highest BCUT2D eigenvalue weighted by molar-refractivity contribution is 5.87. The van der Waals surface area contributed by atoms with E-state index in [0.717, 1.165) is 25.4 Å². The van der Waals surface area contributed by atoms with Crippen LogP contribution in [0.15, 0.2) is 35.3 Å². The standard InChI is InChI=1S/C17H26N2/c1-13-10-16(12-18-11-14(13)2)19-17(3,4)15-8-6-5-7-9-15/h5-9,13-14,18H,10-12H2,1-4H3/b19-16-. The Labute approximate surface area is 117 Å².